The van der Waals surface area contributed by atoms with Crippen LogP contribution in [-0.2, 0) is 0 Å². The molecular formula is C15H21N. The first-order valence-corrected chi connectivity index (χ1v) is 5.81. The molecule has 0 saturated heterocycles. The summed E-state index contributed by atoms with van der Waals surface area (Å²) in [7, 11) is 2.12. The Hall–Kier alpha value is -1.50. The van der Waals surface area contributed by atoms with Crippen molar-refractivity contribution in [3.8, 4) is 0 Å². The first kappa shape index (κ1) is 12.6. The van der Waals surface area contributed by atoms with Gasteiger partial charge in [-0.25, -0.2) is 0 Å². The quantitative estimate of drug-likeness (QED) is 0.659. The molecule has 0 aromatic heterocycles. The second kappa shape index (κ2) is 6.16. The third kappa shape index (κ3) is 2.99. The van der Waals surface area contributed by atoms with Crippen LogP contribution in [0.15, 0.2) is 54.3 Å². The molecule has 0 aliphatic rings. The molecule has 0 amide bonds. The summed E-state index contributed by atoms with van der Waals surface area (Å²) >= 11 is 0. The average Bonchev–Trinajstić information content (AvgIpc) is 2.35. The molecule has 0 heterocycles. The van der Waals surface area contributed by atoms with E-state index in [0.717, 1.165) is 12.8 Å². The van der Waals surface area contributed by atoms with Crippen molar-refractivity contribution in [2.24, 2.45) is 0 Å². The lowest BCUT2D eigenvalue weighted by atomic mass is 10.1. The maximum absolute atomic E-state index is 3.86. The molecule has 86 valence electrons. The maximum atomic E-state index is 3.86. The molecule has 0 unspecified atom stereocenters. The van der Waals surface area contributed by atoms with Crippen molar-refractivity contribution in [3.63, 3.8) is 0 Å². The Morgan fingerprint density at radius 2 is 1.94 bits per heavy atom. The summed E-state index contributed by atoms with van der Waals surface area (Å²) in [4.78, 5) is 2.25. The minimum Gasteiger partial charge on any atom is -0.348 e. The van der Waals surface area contributed by atoms with Crippen LogP contribution < -0.4 is 4.90 Å². The van der Waals surface area contributed by atoms with Gasteiger partial charge in [-0.15, -0.1) is 0 Å². The molecule has 0 spiro atoms. The standard InChI is InChI=1S/C15H21N/c1-5-10-15(13(3)6-2)16(4)14-11-8-7-9-12-14/h6-9,11-12H,2,5,10H2,1,3-4H3/b15-13-. The van der Waals surface area contributed by atoms with Gasteiger partial charge in [-0.1, -0.05) is 44.2 Å². The largest absolute Gasteiger partial charge is 0.348 e. The number of hydrogen-bond donors (Lipinski definition) is 0. The van der Waals surface area contributed by atoms with Crippen molar-refractivity contribution in [1.82, 2.24) is 0 Å². The molecule has 16 heavy (non-hydrogen) atoms. The molecule has 0 fully saturated rings. The van der Waals surface area contributed by atoms with Crippen LogP contribution in [0.2, 0.25) is 0 Å². The summed E-state index contributed by atoms with van der Waals surface area (Å²) in [5, 5.41) is 0. The molecule has 1 aromatic rings. The van der Waals surface area contributed by atoms with Gasteiger partial charge in [0.15, 0.2) is 0 Å². The van der Waals surface area contributed by atoms with E-state index in [9.17, 15) is 0 Å². The second-order valence-electron chi connectivity index (χ2n) is 3.98. The molecule has 0 N–H and O–H groups in total. The lowest BCUT2D eigenvalue weighted by Gasteiger charge is -2.24. The summed E-state index contributed by atoms with van der Waals surface area (Å²) in [5.41, 5.74) is 3.84. The fourth-order valence-electron chi connectivity index (χ4n) is 1.79. The second-order valence-corrected chi connectivity index (χ2v) is 3.98. The highest BCUT2D eigenvalue weighted by atomic mass is 15.1. The van der Waals surface area contributed by atoms with Crippen molar-refractivity contribution in [3.05, 3.63) is 54.3 Å². The van der Waals surface area contributed by atoms with E-state index in [1.807, 2.05) is 12.1 Å². The van der Waals surface area contributed by atoms with Crippen LogP contribution in [0.5, 0.6) is 0 Å². The lowest BCUT2D eigenvalue weighted by molar-refractivity contribution is 0.849. The predicted molar refractivity (Wildman–Crippen MR) is 72.7 cm³/mol. The topological polar surface area (TPSA) is 3.24 Å². The lowest BCUT2D eigenvalue weighted by Crippen LogP contribution is -2.17. The van der Waals surface area contributed by atoms with Gasteiger partial charge in [-0.05, 0) is 31.1 Å². The van der Waals surface area contributed by atoms with Crippen molar-refractivity contribution in [2.75, 3.05) is 11.9 Å². The zero-order valence-corrected chi connectivity index (χ0v) is 10.5. The third-order valence-corrected chi connectivity index (χ3v) is 2.80. The van der Waals surface area contributed by atoms with Crippen LogP contribution >= 0.6 is 0 Å². The molecule has 0 bridgehead atoms. The highest BCUT2D eigenvalue weighted by molar-refractivity contribution is 5.52. The first-order chi connectivity index (χ1) is 7.70. The number of para-hydroxylation sites is 1. The average molecular weight is 215 g/mol. The monoisotopic (exact) mass is 215 g/mol. The molecule has 0 aliphatic carbocycles. The number of hydrogen-bond acceptors (Lipinski definition) is 1. The zero-order chi connectivity index (χ0) is 12.0. The Balaban J connectivity index is 3.01. The normalized spacial score (nSPS) is 11.9. The molecule has 0 saturated carbocycles. The molecule has 0 atom stereocenters. The van der Waals surface area contributed by atoms with Gasteiger partial charge in [0.1, 0.15) is 0 Å². The molecular weight excluding hydrogens is 194 g/mol. The van der Waals surface area contributed by atoms with E-state index in [4.69, 9.17) is 0 Å². The summed E-state index contributed by atoms with van der Waals surface area (Å²) < 4.78 is 0. The number of nitrogens with zero attached hydrogens (tertiary/aromatic N) is 1. The third-order valence-electron chi connectivity index (χ3n) is 2.80. The molecule has 1 rings (SSSR count). The van der Waals surface area contributed by atoms with E-state index in [0.29, 0.717) is 0 Å². The highest BCUT2D eigenvalue weighted by Gasteiger charge is 2.07. The van der Waals surface area contributed by atoms with Crippen LogP contribution in [0.1, 0.15) is 26.7 Å². The van der Waals surface area contributed by atoms with Crippen molar-refractivity contribution in [2.45, 2.75) is 26.7 Å². The van der Waals surface area contributed by atoms with Gasteiger partial charge in [-0.3, -0.25) is 0 Å². The van der Waals surface area contributed by atoms with Crippen LogP contribution in [-0.4, -0.2) is 7.05 Å². The predicted octanol–water partition coefficient (Wildman–Crippen LogP) is 4.38. The Bertz CT molecular complexity index is 362. The van der Waals surface area contributed by atoms with E-state index >= 15 is 0 Å². The minimum absolute atomic E-state index is 1.09. The van der Waals surface area contributed by atoms with E-state index < -0.39 is 0 Å². The van der Waals surface area contributed by atoms with E-state index in [2.05, 4.69) is 56.6 Å². The van der Waals surface area contributed by atoms with Gasteiger partial charge in [0.05, 0.1) is 0 Å². The maximum Gasteiger partial charge on any atom is 0.0405 e. The van der Waals surface area contributed by atoms with Gasteiger partial charge in [0.25, 0.3) is 0 Å². The summed E-state index contributed by atoms with van der Waals surface area (Å²) in [6, 6.07) is 10.4. The van der Waals surface area contributed by atoms with Gasteiger partial charge in [0, 0.05) is 18.4 Å². The smallest absolute Gasteiger partial charge is 0.0405 e. The Kier molecular flexibility index (Phi) is 4.84. The SMILES string of the molecule is C=C/C(C)=C(/CCC)N(C)c1ccccc1. The van der Waals surface area contributed by atoms with Crippen LogP contribution in [0, 0.1) is 0 Å². The number of benzene rings is 1. The fraction of sp³-hybridized carbons (Fsp3) is 0.333. The van der Waals surface area contributed by atoms with Gasteiger partial charge in [-0.2, -0.15) is 0 Å². The van der Waals surface area contributed by atoms with Gasteiger partial charge < -0.3 is 4.90 Å². The van der Waals surface area contributed by atoms with Gasteiger partial charge >= 0.3 is 0 Å². The Labute approximate surface area is 99.1 Å². The first-order valence-electron chi connectivity index (χ1n) is 5.81. The number of allylic oxidation sites excluding steroid dienone is 3. The highest BCUT2D eigenvalue weighted by Crippen LogP contribution is 2.22. The van der Waals surface area contributed by atoms with Crippen molar-refractivity contribution in [1.29, 1.82) is 0 Å². The van der Waals surface area contributed by atoms with E-state index in [1.165, 1.54) is 17.0 Å². The molecule has 0 aliphatic heterocycles. The molecule has 0 radical (unpaired) electrons. The summed E-state index contributed by atoms with van der Waals surface area (Å²) in [6.07, 6.45) is 4.17. The Morgan fingerprint density at radius 1 is 1.31 bits per heavy atom. The Morgan fingerprint density at radius 3 is 2.44 bits per heavy atom. The van der Waals surface area contributed by atoms with Crippen molar-refractivity contribution >= 4 is 5.69 Å². The van der Waals surface area contributed by atoms with Crippen LogP contribution in [0.4, 0.5) is 5.69 Å². The minimum atomic E-state index is 1.09. The molecule has 1 nitrogen and oxygen atoms in total. The van der Waals surface area contributed by atoms with Crippen LogP contribution in [0.25, 0.3) is 0 Å². The van der Waals surface area contributed by atoms with Gasteiger partial charge in [0.2, 0.25) is 0 Å². The van der Waals surface area contributed by atoms with Crippen molar-refractivity contribution < 1.29 is 0 Å². The summed E-state index contributed by atoms with van der Waals surface area (Å²) in [5.74, 6) is 0. The number of rotatable bonds is 5. The van der Waals surface area contributed by atoms with Crippen LogP contribution in [0.3, 0.4) is 0 Å². The zero-order valence-electron chi connectivity index (χ0n) is 10.5. The fourth-order valence-corrected chi connectivity index (χ4v) is 1.79. The van der Waals surface area contributed by atoms with E-state index in [-0.39, 0.29) is 0 Å². The van der Waals surface area contributed by atoms with E-state index in [1.54, 1.807) is 0 Å². The summed E-state index contributed by atoms with van der Waals surface area (Å²) in [6.45, 7) is 8.18. The number of anilines is 1. The molecule has 1 heteroatoms. The molecule has 1 aromatic carbocycles.